The van der Waals surface area contributed by atoms with Crippen molar-refractivity contribution in [1.29, 1.82) is 0 Å². The van der Waals surface area contributed by atoms with Crippen LogP contribution in [0.2, 0.25) is 0 Å². The van der Waals surface area contributed by atoms with Crippen molar-refractivity contribution in [2.75, 3.05) is 26.9 Å². The fourth-order valence-corrected chi connectivity index (χ4v) is 3.82. The van der Waals surface area contributed by atoms with E-state index in [9.17, 15) is 14.7 Å². The Kier molecular flexibility index (Phi) is 8.00. The minimum atomic E-state index is -0.692. The number of unbranched alkanes of at least 4 members (excludes halogenated alkanes) is 1. The summed E-state index contributed by atoms with van der Waals surface area (Å²) in [5.41, 5.74) is 2.12. The second-order valence-electron chi connectivity index (χ2n) is 7.80. The van der Waals surface area contributed by atoms with Gasteiger partial charge in [-0.05, 0) is 61.2 Å². The van der Waals surface area contributed by atoms with Gasteiger partial charge in [0.1, 0.15) is 11.5 Å². The first-order chi connectivity index (χ1) is 15.5. The van der Waals surface area contributed by atoms with Gasteiger partial charge in [0.05, 0.1) is 18.2 Å². The van der Waals surface area contributed by atoms with Crippen molar-refractivity contribution in [3.63, 3.8) is 0 Å². The first-order valence-corrected chi connectivity index (χ1v) is 10.9. The highest BCUT2D eigenvalue weighted by molar-refractivity contribution is 6.46. The van der Waals surface area contributed by atoms with Gasteiger partial charge < -0.3 is 19.5 Å². The van der Waals surface area contributed by atoms with Crippen molar-refractivity contribution >= 4 is 17.4 Å². The summed E-state index contributed by atoms with van der Waals surface area (Å²) in [6, 6.07) is 8.10. The number of nitrogens with zero attached hydrogens (tertiary/aromatic N) is 2. The van der Waals surface area contributed by atoms with Crippen molar-refractivity contribution in [2.24, 2.45) is 0 Å². The van der Waals surface area contributed by atoms with Gasteiger partial charge in [-0.2, -0.15) is 0 Å². The number of amides is 1. The van der Waals surface area contributed by atoms with Crippen LogP contribution in [0.3, 0.4) is 0 Å². The van der Waals surface area contributed by atoms with E-state index in [1.807, 2.05) is 6.92 Å². The number of carbonyl (C=O) groups excluding carboxylic acids is 2. The number of hydrogen-bond acceptors (Lipinski definition) is 6. The Morgan fingerprint density at radius 2 is 1.88 bits per heavy atom. The van der Waals surface area contributed by atoms with Gasteiger partial charge in [-0.3, -0.25) is 14.6 Å². The van der Waals surface area contributed by atoms with Crippen LogP contribution in [0.4, 0.5) is 0 Å². The summed E-state index contributed by atoms with van der Waals surface area (Å²) < 4.78 is 10.9. The minimum Gasteiger partial charge on any atom is -0.507 e. The molecule has 0 saturated carbocycles. The van der Waals surface area contributed by atoms with Gasteiger partial charge in [-0.25, -0.2) is 0 Å². The molecule has 1 amide bonds. The van der Waals surface area contributed by atoms with Crippen LogP contribution in [-0.4, -0.2) is 53.5 Å². The summed E-state index contributed by atoms with van der Waals surface area (Å²) in [7, 11) is 1.59. The van der Waals surface area contributed by atoms with E-state index in [2.05, 4.69) is 11.9 Å². The summed E-state index contributed by atoms with van der Waals surface area (Å²) in [5, 5.41) is 11.2. The molecule has 1 saturated heterocycles. The predicted molar refractivity (Wildman–Crippen MR) is 121 cm³/mol. The van der Waals surface area contributed by atoms with Crippen LogP contribution in [0, 0.1) is 6.92 Å². The van der Waals surface area contributed by atoms with Crippen LogP contribution in [0.15, 0.2) is 48.3 Å². The molecule has 3 rings (SSSR count). The maximum Gasteiger partial charge on any atom is 0.295 e. The lowest BCUT2D eigenvalue weighted by Gasteiger charge is -2.25. The lowest BCUT2D eigenvalue weighted by atomic mass is 9.95. The summed E-state index contributed by atoms with van der Waals surface area (Å²) in [6.07, 6.45) is 5.79. The van der Waals surface area contributed by atoms with Crippen molar-refractivity contribution in [3.05, 3.63) is 65.0 Å². The van der Waals surface area contributed by atoms with Crippen molar-refractivity contribution in [2.45, 2.75) is 39.2 Å². The number of aryl methyl sites for hydroxylation is 1. The molecule has 170 valence electrons. The number of aromatic nitrogens is 1. The first-order valence-electron chi connectivity index (χ1n) is 10.9. The third-order valence-electron chi connectivity index (χ3n) is 5.51. The number of pyridine rings is 1. The molecular weight excluding hydrogens is 408 g/mol. The Balaban J connectivity index is 2.01. The maximum absolute atomic E-state index is 13.0. The zero-order chi connectivity index (χ0) is 23.1. The van der Waals surface area contributed by atoms with Crippen molar-refractivity contribution in [3.8, 4) is 5.75 Å². The van der Waals surface area contributed by atoms with Gasteiger partial charge in [0, 0.05) is 38.2 Å². The zero-order valence-electron chi connectivity index (χ0n) is 18.8. The molecule has 32 heavy (non-hydrogen) atoms. The molecule has 1 fully saturated rings. The highest BCUT2D eigenvalue weighted by Crippen LogP contribution is 2.39. The van der Waals surface area contributed by atoms with E-state index in [-0.39, 0.29) is 11.3 Å². The molecule has 1 aliphatic rings. The third kappa shape index (κ3) is 4.99. The molecular formula is C25H30N2O5. The smallest absolute Gasteiger partial charge is 0.295 e. The fourth-order valence-electron chi connectivity index (χ4n) is 3.82. The number of ketones is 1. The molecule has 7 nitrogen and oxygen atoms in total. The molecule has 0 bridgehead atoms. The normalized spacial score (nSPS) is 17.7. The standard InChI is InChI=1S/C25H30N2O5/c1-4-5-15-32-20-8-7-19(16-17(20)2)23(28)21-22(18-9-11-26-12-10-18)27(13-6-14-31-3)25(30)24(21)29/h7-12,16,22,28H,4-6,13-15H2,1-3H3/t22-/m0/s1. The van der Waals surface area contributed by atoms with E-state index in [0.29, 0.717) is 31.7 Å². The van der Waals surface area contributed by atoms with Crippen LogP contribution >= 0.6 is 0 Å². The summed E-state index contributed by atoms with van der Waals surface area (Å²) >= 11 is 0. The van der Waals surface area contributed by atoms with Gasteiger partial charge >= 0.3 is 0 Å². The average molecular weight is 439 g/mol. The number of hydrogen-bond donors (Lipinski definition) is 1. The number of aliphatic hydroxyl groups is 1. The van der Waals surface area contributed by atoms with E-state index < -0.39 is 17.7 Å². The van der Waals surface area contributed by atoms with Crippen LogP contribution < -0.4 is 4.74 Å². The SMILES string of the molecule is CCCCOc1ccc(C(O)=C2C(=O)C(=O)N(CCCOC)[C@H]2c2ccncc2)cc1C. The number of rotatable bonds is 10. The molecule has 0 aliphatic carbocycles. The molecule has 0 radical (unpaired) electrons. The number of methoxy groups -OCH3 is 1. The maximum atomic E-state index is 13.0. The first kappa shape index (κ1) is 23.5. The van der Waals surface area contributed by atoms with Gasteiger partial charge in [0.2, 0.25) is 0 Å². The van der Waals surface area contributed by atoms with Gasteiger partial charge in [-0.15, -0.1) is 0 Å². The number of likely N-dealkylation sites (tertiary alicyclic amines) is 1. The largest absolute Gasteiger partial charge is 0.507 e. The van der Waals surface area contributed by atoms with E-state index in [0.717, 1.165) is 29.7 Å². The molecule has 1 aliphatic heterocycles. The number of Topliss-reactive ketones (excluding diaryl/α,β-unsaturated/α-hetero) is 1. The Morgan fingerprint density at radius 1 is 1.12 bits per heavy atom. The molecule has 2 aromatic rings. The molecule has 2 heterocycles. The number of carbonyl (C=O) groups is 2. The number of benzene rings is 1. The molecule has 1 atom stereocenters. The van der Waals surface area contributed by atoms with Crippen molar-refractivity contribution in [1.82, 2.24) is 9.88 Å². The van der Waals surface area contributed by atoms with E-state index in [4.69, 9.17) is 9.47 Å². The highest BCUT2D eigenvalue weighted by atomic mass is 16.5. The second kappa shape index (κ2) is 10.9. The molecule has 1 aromatic carbocycles. The van der Waals surface area contributed by atoms with E-state index in [1.165, 1.54) is 4.90 Å². The lowest BCUT2D eigenvalue weighted by molar-refractivity contribution is -0.140. The Morgan fingerprint density at radius 3 is 2.53 bits per heavy atom. The molecule has 1 aromatic heterocycles. The molecule has 7 heteroatoms. The Hall–Kier alpha value is -3.19. The number of aliphatic hydroxyl groups excluding tert-OH is 1. The fraction of sp³-hybridized carbons (Fsp3) is 0.400. The van der Waals surface area contributed by atoms with Gasteiger partial charge in [0.15, 0.2) is 0 Å². The van der Waals surface area contributed by atoms with Crippen LogP contribution in [-0.2, 0) is 14.3 Å². The highest BCUT2D eigenvalue weighted by Gasteiger charge is 2.45. The second-order valence-corrected chi connectivity index (χ2v) is 7.80. The molecule has 0 spiro atoms. The lowest BCUT2D eigenvalue weighted by Crippen LogP contribution is -2.31. The van der Waals surface area contributed by atoms with Gasteiger partial charge in [-0.1, -0.05) is 13.3 Å². The number of ether oxygens (including phenoxy) is 2. The molecule has 0 unspecified atom stereocenters. The monoisotopic (exact) mass is 438 g/mol. The summed E-state index contributed by atoms with van der Waals surface area (Å²) in [5.74, 6) is -0.772. The minimum absolute atomic E-state index is 0.0812. The molecule has 1 N–H and O–H groups in total. The third-order valence-corrected chi connectivity index (χ3v) is 5.51. The summed E-state index contributed by atoms with van der Waals surface area (Å²) in [4.78, 5) is 31.4. The summed E-state index contributed by atoms with van der Waals surface area (Å²) in [6.45, 7) is 5.41. The van der Waals surface area contributed by atoms with Gasteiger partial charge in [0.25, 0.3) is 11.7 Å². The van der Waals surface area contributed by atoms with Crippen LogP contribution in [0.25, 0.3) is 5.76 Å². The average Bonchev–Trinajstić information content (AvgIpc) is 3.05. The quantitative estimate of drug-likeness (QED) is 0.261. The van der Waals surface area contributed by atoms with Crippen molar-refractivity contribution < 1.29 is 24.2 Å². The van der Waals surface area contributed by atoms with E-state index >= 15 is 0 Å². The zero-order valence-corrected chi connectivity index (χ0v) is 18.8. The topological polar surface area (TPSA) is 89.0 Å². The van der Waals surface area contributed by atoms with Crippen LogP contribution in [0.1, 0.15) is 48.9 Å². The Bertz CT molecular complexity index is 987. The van der Waals surface area contributed by atoms with E-state index in [1.54, 1.807) is 49.8 Å². The van der Waals surface area contributed by atoms with Crippen LogP contribution in [0.5, 0.6) is 5.75 Å². The Labute approximate surface area is 188 Å². The predicted octanol–water partition coefficient (Wildman–Crippen LogP) is 4.03.